The maximum atomic E-state index is 10.6. The summed E-state index contributed by atoms with van der Waals surface area (Å²) < 4.78 is 0. The zero-order valence-electron chi connectivity index (χ0n) is 8.08. The van der Waals surface area contributed by atoms with Crippen molar-refractivity contribution >= 4 is 11.8 Å². The van der Waals surface area contributed by atoms with Gasteiger partial charge in [-0.25, -0.2) is 9.78 Å². The standard InChI is InChI=1S/C9H7N5O2/c10-8-6(2-1-3-13-14-11)4-7(5-12-8)9(15)16/h4-5H,3H2,(H2,10,12)(H,15,16). The van der Waals surface area contributed by atoms with Crippen molar-refractivity contribution in [2.24, 2.45) is 5.11 Å². The van der Waals surface area contributed by atoms with Crippen molar-refractivity contribution in [3.05, 3.63) is 33.8 Å². The van der Waals surface area contributed by atoms with E-state index in [9.17, 15) is 4.79 Å². The quantitative estimate of drug-likeness (QED) is 0.332. The summed E-state index contributed by atoms with van der Waals surface area (Å²) in [7, 11) is 0. The van der Waals surface area contributed by atoms with Crippen LogP contribution in [-0.4, -0.2) is 22.6 Å². The molecule has 16 heavy (non-hydrogen) atoms. The number of carboxylic acids is 1. The van der Waals surface area contributed by atoms with Crippen LogP contribution < -0.4 is 5.73 Å². The first kappa shape index (κ1) is 11.4. The number of nitrogens with two attached hydrogens (primary N) is 1. The Balaban J connectivity index is 3.01. The van der Waals surface area contributed by atoms with E-state index in [-0.39, 0.29) is 17.9 Å². The summed E-state index contributed by atoms with van der Waals surface area (Å²) in [6.07, 6.45) is 1.15. The molecule has 0 atom stereocenters. The number of azide groups is 1. The van der Waals surface area contributed by atoms with Crippen LogP contribution in [0.2, 0.25) is 0 Å². The zero-order chi connectivity index (χ0) is 12.0. The van der Waals surface area contributed by atoms with E-state index in [1.807, 2.05) is 0 Å². The van der Waals surface area contributed by atoms with Gasteiger partial charge in [-0.3, -0.25) is 0 Å². The molecule has 3 N–H and O–H groups in total. The van der Waals surface area contributed by atoms with E-state index in [2.05, 4.69) is 26.9 Å². The second kappa shape index (κ2) is 5.24. The van der Waals surface area contributed by atoms with Crippen LogP contribution in [0.1, 0.15) is 15.9 Å². The number of carbonyl (C=O) groups is 1. The molecule has 0 aromatic carbocycles. The topological polar surface area (TPSA) is 125 Å². The van der Waals surface area contributed by atoms with Gasteiger partial charge in [0.1, 0.15) is 5.82 Å². The zero-order valence-corrected chi connectivity index (χ0v) is 8.08. The maximum absolute atomic E-state index is 10.6. The molecule has 0 radical (unpaired) electrons. The minimum Gasteiger partial charge on any atom is -0.478 e. The molecule has 1 heterocycles. The van der Waals surface area contributed by atoms with E-state index in [0.717, 1.165) is 6.20 Å². The van der Waals surface area contributed by atoms with Crippen molar-refractivity contribution in [3.8, 4) is 11.8 Å². The highest BCUT2D eigenvalue weighted by atomic mass is 16.4. The molecule has 0 bridgehead atoms. The van der Waals surface area contributed by atoms with Crippen LogP contribution >= 0.6 is 0 Å². The predicted molar refractivity (Wildman–Crippen MR) is 56.5 cm³/mol. The predicted octanol–water partition coefficient (Wildman–Crippen LogP) is 1.02. The van der Waals surface area contributed by atoms with Crippen LogP contribution in [0.15, 0.2) is 17.4 Å². The fraction of sp³-hybridized carbons (Fsp3) is 0.111. The van der Waals surface area contributed by atoms with E-state index < -0.39 is 5.97 Å². The van der Waals surface area contributed by atoms with Crippen LogP contribution in [0.25, 0.3) is 10.4 Å². The number of hydrogen-bond acceptors (Lipinski definition) is 4. The van der Waals surface area contributed by atoms with E-state index in [1.165, 1.54) is 6.07 Å². The summed E-state index contributed by atoms with van der Waals surface area (Å²) >= 11 is 0. The SMILES string of the molecule is [N-]=[N+]=NCC#Cc1cc(C(=O)O)cnc1N. The van der Waals surface area contributed by atoms with Crippen molar-refractivity contribution in [2.45, 2.75) is 0 Å². The van der Waals surface area contributed by atoms with Gasteiger partial charge < -0.3 is 10.8 Å². The second-order valence-corrected chi connectivity index (χ2v) is 2.65. The van der Waals surface area contributed by atoms with E-state index in [4.69, 9.17) is 16.4 Å². The van der Waals surface area contributed by atoms with Crippen molar-refractivity contribution in [1.29, 1.82) is 0 Å². The summed E-state index contributed by atoms with van der Waals surface area (Å²) in [5.74, 6) is 4.14. The number of nitrogen functional groups attached to an aromatic ring is 1. The summed E-state index contributed by atoms with van der Waals surface area (Å²) in [4.78, 5) is 16.9. The van der Waals surface area contributed by atoms with Gasteiger partial charge in [0.05, 0.1) is 17.7 Å². The lowest BCUT2D eigenvalue weighted by Gasteiger charge is -1.98. The lowest BCUT2D eigenvalue weighted by molar-refractivity contribution is 0.0696. The Hall–Kier alpha value is -2.71. The molecule has 1 rings (SSSR count). The smallest absolute Gasteiger partial charge is 0.337 e. The molecular weight excluding hydrogens is 210 g/mol. The molecule has 7 nitrogen and oxygen atoms in total. The van der Waals surface area contributed by atoms with Gasteiger partial charge in [-0.15, -0.1) is 0 Å². The Labute approximate surface area is 90.5 Å². The lowest BCUT2D eigenvalue weighted by atomic mass is 10.2. The van der Waals surface area contributed by atoms with E-state index in [0.29, 0.717) is 5.56 Å². The fourth-order valence-corrected chi connectivity index (χ4v) is 0.894. The molecule has 0 saturated carbocycles. The fourth-order valence-electron chi connectivity index (χ4n) is 0.894. The normalized spacial score (nSPS) is 8.50. The van der Waals surface area contributed by atoms with E-state index in [1.54, 1.807) is 0 Å². The Morgan fingerprint density at radius 2 is 2.50 bits per heavy atom. The lowest BCUT2D eigenvalue weighted by Crippen LogP contribution is -2.01. The monoisotopic (exact) mass is 217 g/mol. The third-order valence-corrected chi connectivity index (χ3v) is 1.60. The molecule has 80 valence electrons. The van der Waals surface area contributed by atoms with Gasteiger partial charge in [0.25, 0.3) is 0 Å². The highest BCUT2D eigenvalue weighted by Gasteiger charge is 2.05. The Kier molecular flexibility index (Phi) is 3.72. The number of pyridine rings is 1. The third-order valence-electron chi connectivity index (χ3n) is 1.60. The van der Waals surface area contributed by atoms with Gasteiger partial charge in [0.2, 0.25) is 0 Å². The molecule has 0 spiro atoms. The highest BCUT2D eigenvalue weighted by Crippen LogP contribution is 2.09. The van der Waals surface area contributed by atoms with Gasteiger partial charge in [-0.1, -0.05) is 17.0 Å². The van der Waals surface area contributed by atoms with Crippen molar-refractivity contribution < 1.29 is 9.90 Å². The molecular formula is C9H7N5O2. The molecule has 0 aliphatic carbocycles. The number of hydrogen-bond donors (Lipinski definition) is 2. The van der Waals surface area contributed by atoms with Crippen LogP contribution in [0, 0.1) is 11.8 Å². The minimum absolute atomic E-state index is 0.00212. The summed E-state index contributed by atoms with van der Waals surface area (Å²) in [6, 6.07) is 1.31. The Bertz CT molecular complexity index is 522. The second-order valence-electron chi connectivity index (χ2n) is 2.65. The summed E-state index contributed by atoms with van der Waals surface area (Å²) in [5.41, 5.74) is 13.8. The average molecular weight is 217 g/mol. The Morgan fingerprint density at radius 1 is 1.75 bits per heavy atom. The van der Waals surface area contributed by atoms with Gasteiger partial charge in [-0.05, 0) is 11.6 Å². The van der Waals surface area contributed by atoms with Crippen molar-refractivity contribution in [3.63, 3.8) is 0 Å². The van der Waals surface area contributed by atoms with Crippen LogP contribution in [-0.2, 0) is 0 Å². The molecule has 0 saturated heterocycles. The molecule has 0 aliphatic heterocycles. The van der Waals surface area contributed by atoms with Crippen molar-refractivity contribution in [2.75, 3.05) is 12.3 Å². The molecule has 0 unspecified atom stereocenters. The van der Waals surface area contributed by atoms with E-state index >= 15 is 0 Å². The molecule has 0 aliphatic rings. The van der Waals surface area contributed by atoms with Crippen LogP contribution in [0.5, 0.6) is 0 Å². The maximum Gasteiger partial charge on any atom is 0.337 e. The first-order valence-electron chi connectivity index (χ1n) is 4.13. The first-order valence-corrected chi connectivity index (χ1v) is 4.13. The molecule has 1 aromatic heterocycles. The number of carboxylic acid groups (broad SMARTS) is 1. The first-order chi connectivity index (χ1) is 7.65. The molecule has 0 fully saturated rings. The van der Waals surface area contributed by atoms with Gasteiger partial charge in [0.15, 0.2) is 0 Å². The van der Waals surface area contributed by atoms with Gasteiger partial charge >= 0.3 is 5.97 Å². The van der Waals surface area contributed by atoms with Gasteiger partial charge in [0, 0.05) is 11.1 Å². The summed E-state index contributed by atoms with van der Waals surface area (Å²) in [6.45, 7) is -0.00671. The molecule has 0 amide bonds. The number of rotatable bonds is 2. The molecule has 1 aromatic rings. The number of anilines is 1. The van der Waals surface area contributed by atoms with Gasteiger partial charge in [-0.2, -0.15) is 0 Å². The Morgan fingerprint density at radius 3 is 3.12 bits per heavy atom. The number of aromatic nitrogens is 1. The third kappa shape index (κ3) is 2.90. The summed E-state index contributed by atoms with van der Waals surface area (Å²) in [5, 5.41) is 11.9. The number of aromatic carboxylic acids is 1. The average Bonchev–Trinajstić information content (AvgIpc) is 2.26. The van der Waals surface area contributed by atoms with Crippen molar-refractivity contribution in [1.82, 2.24) is 4.98 Å². The minimum atomic E-state index is -1.11. The highest BCUT2D eigenvalue weighted by molar-refractivity contribution is 5.88. The number of nitrogens with zero attached hydrogens (tertiary/aromatic N) is 4. The van der Waals surface area contributed by atoms with Crippen LogP contribution in [0.3, 0.4) is 0 Å². The molecule has 7 heteroatoms. The van der Waals surface area contributed by atoms with Crippen LogP contribution in [0.4, 0.5) is 5.82 Å². The largest absolute Gasteiger partial charge is 0.478 e.